The summed E-state index contributed by atoms with van der Waals surface area (Å²) in [6.07, 6.45) is 4.97. The fraction of sp³-hybridized carbons (Fsp3) is 0.125. The second kappa shape index (κ2) is 9.34. The zero-order valence-corrected chi connectivity index (χ0v) is 16.3. The SMILES string of the molecule is Cc1ccc(NC(=O)/C(C#N)=C/c2ccccc2OCc2cccnc2)c(C)c1. The highest BCUT2D eigenvalue weighted by molar-refractivity contribution is 6.10. The fourth-order valence-corrected chi connectivity index (χ4v) is 2.82. The summed E-state index contributed by atoms with van der Waals surface area (Å²) < 4.78 is 5.87. The maximum absolute atomic E-state index is 12.6. The van der Waals surface area contributed by atoms with Crippen molar-refractivity contribution >= 4 is 17.7 Å². The van der Waals surface area contributed by atoms with E-state index in [0.29, 0.717) is 23.6 Å². The van der Waals surface area contributed by atoms with Crippen molar-refractivity contribution < 1.29 is 9.53 Å². The van der Waals surface area contributed by atoms with E-state index in [0.717, 1.165) is 16.7 Å². The number of nitrogens with zero attached hydrogens (tertiary/aromatic N) is 2. The number of nitriles is 1. The number of aromatic nitrogens is 1. The van der Waals surface area contributed by atoms with Crippen LogP contribution >= 0.6 is 0 Å². The number of amides is 1. The molecule has 1 N–H and O–H groups in total. The third-order valence-electron chi connectivity index (χ3n) is 4.33. The van der Waals surface area contributed by atoms with Crippen LogP contribution in [-0.2, 0) is 11.4 Å². The molecule has 5 nitrogen and oxygen atoms in total. The van der Waals surface area contributed by atoms with Gasteiger partial charge in [-0.05, 0) is 43.7 Å². The molecule has 0 saturated carbocycles. The van der Waals surface area contributed by atoms with Gasteiger partial charge < -0.3 is 10.1 Å². The van der Waals surface area contributed by atoms with Gasteiger partial charge in [0.05, 0.1) is 0 Å². The summed E-state index contributed by atoms with van der Waals surface area (Å²) in [5.74, 6) is 0.130. The molecule has 0 unspecified atom stereocenters. The Kier molecular flexibility index (Phi) is 6.39. The van der Waals surface area contributed by atoms with Gasteiger partial charge in [0.1, 0.15) is 24.0 Å². The number of benzene rings is 2. The van der Waals surface area contributed by atoms with Gasteiger partial charge in [0.2, 0.25) is 0 Å². The Morgan fingerprint density at radius 1 is 1.17 bits per heavy atom. The van der Waals surface area contributed by atoms with Crippen molar-refractivity contribution in [2.45, 2.75) is 20.5 Å². The number of ether oxygens (including phenoxy) is 1. The molecule has 0 aliphatic carbocycles. The summed E-state index contributed by atoms with van der Waals surface area (Å²) in [5.41, 5.74) is 4.32. The van der Waals surface area contributed by atoms with E-state index in [1.807, 2.05) is 62.4 Å². The molecule has 0 atom stereocenters. The monoisotopic (exact) mass is 383 g/mol. The minimum Gasteiger partial charge on any atom is -0.488 e. The normalized spacial score (nSPS) is 10.9. The maximum Gasteiger partial charge on any atom is 0.266 e. The number of para-hydroxylation sites is 1. The molecule has 144 valence electrons. The summed E-state index contributed by atoms with van der Waals surface area (Å²) in [5, 5.41) is 12.3. The smallest absolute Gasteiger partial charge is 0.266 e. The van der Waals surface area contributed by atoms with Crippen molar-refractivity contribution in [3.05, 3.63) is 94.8 Å². The molecule has 2 aromatic carbocycles. The van der Waals surface area contributed by atoms with Gasteiger partial charge in [-0.1, -0.05) is 42.0 Å². The molecule has 1 amide bonds. The average molecular weight is 383 g/mol. The van der Waals surface area contributed by atoms with Crippen molar-refractivity contribution in [1.82, 2.24) is 4.98 Å². The Balaban J connectivity index is 1.79. The molecule has 0 aliphatic heterocycles. The summed E-state index contributed by atoms with van der Waals surface area (Å²) >= 11 is 0. The standard InChI is InChI=1S/C24H21N3O2/c1-17-9-10-22(18(2)12-17)27-24(28)21(14-25)13-20-7-3-4-8-23(20)29-16-19-6-5-11-26-15-19/h3-13,15H,16H2,1-2H3,(H,27,28)/b21-13+. The second-order valence-electron chi connectivity index (χ2n) is 6.63. The van der Waals surface area contributed by atoms with Crippen LogP contribution in [0.3, 0.4) is 0 Å². The third kappa shape index (κ3) is 5.30. The Morgan fingerprint density at radius 3 is 2.72 bits per heavy atom. The molecule has 0 radical (unpaired) electrons. The summed E-state index contributed by atoms with van der Waals surface area (Å²) in [6, 6.07) is 18.8. The lowest BCUT2D eigenvalue weighted by Crippen LogP contribution is -2.14. The van der Waals surface area contributed by atoms with Gasteiger partial charge in [-0.15, -0.1) is 0 Å². The van der Waals surface area contributed by atoms with Gasteiger partial charge in [0, 0.05) is 29.2 Å². The highest BCUT2D eigenvalue weighted by atomic mass is 16.5. The molecular weight excluding hydrogens is 362 g/mol. The van der Waals surface area contributed by atoms with Crippen LogP contribution in [-0.4, -0.2) is 10.9 Å². The summed E-state index contributed by atoms with van der Waals surface area (Å²) in [4.78, 5) is 16.7. The number of pyridine rings is 1. The van der Waals surface area contributed by atoms with E-state index in [-0.39, 0.29) is 5.57 Å². The molecule has 3 aromatic rings. The first kappa shape index (κ1) is 19.8. The van der Waals surface area contributed by atoms with E-state index in [9.17, 15) is 10.1 Å². The van der Waals surface area contributed by atoms with E-state index in [1.54, 1.807) is 24.5 Å². The number of rotatable bonds is 6. The van der Waals surface area contributed by atoms with Crippen LogP contribution in [0.2, 0.25) is 0 Å². The van der Waals surface area contributed by atoms with Crippen molar-refractivity contribution in [2.75, 3.05) is 5.32 Å². The van der Waals surface area contributed by atoms with Crippen LogP contribution in [0.15, 0.2) is 72.6 Å². The lowest BCUT2D eigenvalue weighted by Gasteiger charge is -2.11. The lowest BCUT2D eigenvalue weighted by molar-refractivity contribution is -0.112. The van der Waals surface area contributed by atoms with Crippen molar-refractivity contribution in [2.24, 2.45) is 0 Å². The average Bonchev–Trinajstić information content (AvgIpc) is 2.74. The lowest BCUT2D eigenvalue weighted by atomic mass is 10.1. The van der Waals surface area contributed by atoms with Crippen molar-refractivity contribution in [3.8, 4) is 11.8 Å². The topological polar surface area (TPSA) is 75.0 Å². The maximum atomic E-state index is 12.6. The van der Waals surface area contributed by atoms with E-state index < -0.39 is 5.91 Å². The summed E-state index contributed by atoms with van der Waals surface area (Å²) in [7, 11) is 0. The molecule has 0 saturated heterocycles. The molecule has 0 fully saturated rings. The van der Waals surface area contributed by atoms with E-state index in [2.05, 4.69) is 10.3 Å². The Hall–Kier alpha value is -3.91. The molecule has 0 spiro atoms. The van der Waals surface area contributed by atoms with Gasteiger partial charge in [0.15, 0.2) is 0 Å². The number of hydrogen-bond acceptors (Lipinski definition) is 4. The Labute approximate surface area is 170 Å². The van der Waals surface area contributed by atoms with Crippen LogP contribution < -0.4 is 10.1 Å². The Morgan fingerprint density at radius 2 is 2.00 bits per heavy atom. The number of hydrogen-bond donors (Lipinski definition) is 1. The second-order valence-corrected chi connectivity index (χ2v) is 6.63. The zero-order valence-electron chi connectivity index (χ0n) is 16.3. The molecule has 3 rings (SSSR count). The van der Waals surface area contributed by atoms with E-state index >= 15 is 0 Å². The minimum atomic E-state index is -0.457. The number of aryl methyl sites for hydroxylation is 2. The van der Waals surface area contributed by atoms with Crippen molar-refractivity contribution in [3.63, 3.8) is 0 Å². The molecule has 1 aromatic heterocycles. The number of carbonyl (C=O) groups excluding carboxylic acids is 1. The van der Waals surface area contributed by atoms with Gasteiger partial charge in [-0.3, -0.25) is 9.78 Å². The van der Waals surface area contributed by atoms with Gasteiger partial charge in [0.25, 0.3) is 5.91 Å². The quantitative estimate of drug-likeness (QED) is 0.489. The van der Waals surface area contributed by atoms with Crippen LogP contribution in [0.5, 0.6) is 5.75 Å². The molecular formula is C24H21N3O2. The number of anilines is 1. The fourth-order valence-electron chi connectivity index (χ4n) is 2.82. The number of nitrogens with one attached hydrogen (secondary N) is 1. The molecule has 1 heterocycles. The van der Waals surface area contributed by atoms with Crippen LogP contribution in [0, 0.1) is 25.2 Å². The first-order valence-electron chi connectivity index (χ1n) is 9.18. The molecule has 0 aliphatic rings. The van der Waals surface area contributed by atoms with Gasteiger partial charge >= 0.3 is 0 Å². The Bertz CT molecular complexity index is 1080. The third-order valence-corrected chi connectivity index (χ3v) is 4.33. The molecule has 29 heavy (non-hydrogen) atoms. The highest BCUT2D eigenvalue weighted by Gasteiger charge is 2.12. The minimum absolute atomic E-state index is 0.00222. The predicted octanol–water partition coefficient (Wildman–Crippen LogP) is 4.82. The predicted molar refractivity (Wildman–Crippen MR) is 113 cm³/mol. The molecule has 0 bridgehead atoms. The van der Waals surface area contributed by atoms with Gasteiger partial charge in [-0.2, -0.15) is 5.26 Å². The van der Waals surface area contributed by atoms with Gasteiger partial charge in [-0.25, -0.2) is 0 Å². The van der Waals surface area contributed by atoms with E-state index in [4.69, 9.17) is 4.74 Å². The zero-order chi connectivity index (χ0) is 20.6. The van der Waals surface area contributed by atoms with Crippen LogP contribution in [0.4, 0.5) is 5.69 Å². The molecule has 5 heteroatoms. The largest absolute Gasteiger partial charge is 0.488 e. The highest BCUT2D eigenvalue weighted by Crippen LogP contribution is 2.23. The van der Waals surface area contributed by atoms with Crippen LogP contribution in [0.25, 0.3) is 6.08 Å². The summed E-state index contributed by atoms with van der Waals surface area (Å²) in [6.45, 7) is 4.25. The van der Waals surface area contributed by atoms with Crippen LogP contribution in [0.1, 0.15) is 22.3 Å². The number of carbonyl (C=O) groups is 1. The first-order valence-corrected chi connectivity index (χ1v) is 9.18. The van der Waals surface area contributed by atoms with E-state index in [1.165, 1.54) is 6.08 Å². The van der Waals surface area contributed by atoms with Crippen molar-refractivity contribution in [1.29, 1.82) is 5.26 Å². The first-order chi connectivity index (χ1) is 14.1.